The standard InChI is InChI=1S/C13H17F2N3O/c1-9-7-18(3-2-16-9)8-13(19)17-12-5-10(14)4-11(15)6-12/h4-6,9,16H,2-3,7-8H2,1H3,(H,17,19)/t9-/m0/s1. The van der Waals surface area contributed by atoms with E-state index in [0.717, 1.165) is 37.8 Å². The maximum atomic E-state index is 13.0. The van der Waals surface area contributed by atoms with Crippen LogP contribution in [-0.4, -0.2) is 43.0 Å². The number of benzene rings is 1. The van der Waals surface area contributed by atoms with Gasteiger partial charge < -0.3 is 10.6 Å². The molecular formula is C13H17F2N3O. The monoisotopic (exact) mass is 269 g/mol. The van der Waals surface area contributed by atoms with Crippen molar-refractivity contribution in [2.24, 2.45) is 0 Å². The van der Waals surface area contributed by atoms with Crippen molar-refractivity contribution in [3.05, 3.63) is 29.8 Å². The minimum Gasteiger partial charge on any atom is -0.325 e. The van der Waals surface area contributed by atoms with Crippen LogP contribution in [0.5, 0.6) is 0 Å². The Hall–Kier alpha value is -1.53. The first kappa shape index (κ1) is 13.9. The highest BCUT2D eigenvalue weighted by Crippen LogP contribution is 2.12. The molecule has 104 valence electrons. The van der Waals surface area contributed by atoms with Crippen molar-refractivity contribution in [1.82, 2.24) is 10.2 Å². The first-order valence-electron chi connectivity index (χ1n) is 6.24. The van der Waals surface area contributed by atoms with Gasteiger partial charge in [-0.2, -0.15) is 0 Å². The predicted molar refractivity (Wildman–Crippen MR) is 68.9 cm³/mol. The summed E-state index contributed by atoms with van der Waals surface area (Å²) in [4.78, 5) is 13.8. The van der Waals surface area contributed by atoms with Gasteiger partial charge in [0.1, 0.15) is 11.6 Å². The normalized spacial score (nSPS) is 20.3. The summed E-state index contributed by atoms with van der Waals surface area (Å²) in [5.41, 5.74) is 0.144. The molecule has 1 heterocycles. The van der Waals surface area contributed by atoms with Gasteiger partial charge in [0.05, 0.1) is 6.54 Å². The molecule has 0 unspecified atom stereocenters. The van der Waals surface area contributed by atoms with Crippen molar-refractivity contribution in [3.8, 4) is 0 Å². The van der Waals surface area contributed by atoms with E-state index in [1.807, 2.05) is 11.8 Å². The van der Waals surface area contributed by atoms with E-state index in [-0.39, 0.29) is 18.1 Å². The Morgan fingerprint density at radius 3 is 2.74 bits per heavy atom. The molecule has 1 aromatic carbocycles. The van der Waals surface area contributed by atoms with E-state index in [4.69, 9.17) is 0 Å². The summed E-state index contributed by atoms with van der Waals surface area (Å²) >= 11 is 0. The zero-order valence-electron chi connectivity index (χ0n) is 10.7. The zero-order valence-corrected chi connectivity index (χ0v) is 10.7. The van der Waals surface area contributed by atoms with Crippen LogP contribution < -0.4 is 10.6 Å². The maximum absolute atomic E-state index is 13.0. The number of nitrogens with one attached hydrogen (secondary N) is 2. The van der Waals surface area contributed by atoms with Gasteiger partial charge in [0.15, 0.2) is 0 Å². The zero-order chi connectivity index (χ0) is 13.8. The fraction of sp³-hybridized carbons (Fsp3) is 0.462. The second-order valence-electron chi connectivity index (χ2n) is 4.80. The lowest BCUT2D eigenvalue weighted by atomic mass is 10.2. The molecular weight excluding hydrogens is 252 g/mol. The molecule has 2 N–H and O–H groups in total. The van der Waals surface area contributed by atoms with Crippen molar-refractivity contribution >= 4 is 11.6 Å². The van der Waals surface area contributed by atoms with Gasteiger partial charge in [0.2, 0.25) is 5.91 Å². The number of nitrogens with zero attached hydrogens (tertiary/aromatic N) is 1. The van der Waals surface area contributed by atoms with Crippen LogP contribution in [-0.2, 0) is 4.79 Å². The molecule has 6 heteroatoms. The highest BCUT2D eigenvalue weighted by atomic mass is 19.1. The number of carbonyl (C=O) groups excluding carboxylic acids is 1. The topological polar surface area (TPSA) is 44.4 Å². The molecule has 0 aliphatic carbocycles. The van der Waals surface area contributed by atoms with E-state index >= 15 is 0 Å². The Balaban J connectivity index is 1.90. The molecule has 1 saturated heterocycles. The molecule has 4 nitrogen and oxygen atoms in total. The quantitative estimate of drug-likeness (QED) is 0.866. The SMILES string of the molecule is C[C@H]1CN(CC(=O)Nc2cc(F)cc(F)c2)CCN1. The number of amides is 1. The molecule has 1 aliphatic rings. The number of piperazine rings is 1. The molecule has 1 amide bonds. The lowest BCUT2D eigenvalue weighted by Gasteiger charge is -2.31. The number of rotatable bonds is 3. The van der Waals surface area contributed by atoms with E-state index in [0.29, 0.717) is 6.04 Å². The number of anilines is 1. The second-order valence-corrected chi connectivity index (χ2v) is 4.80. The van der Waals surface area contributed by atoms with Crippen LogP contribution in [0.2, 0.25) is 0 Å². The Kier molecular flexibility index (Phi) is 4.44. The minimum absolute atomic E-state index is 0.144. The fourth-order valence-corrected chi connectivity index (χ4v) is 2.19. The summed E-state index contributed by atoms with van der Waals surface area (Å²) in [5, 5.41) is 5.78. The molecule has 0 aromatic heterocycles. The van der Waals surface area contributed by atoms with E-state index in [1.165, 1.54) is 0 Å². The smallest absolute Gasteiger partial charge is 0.238 e. The summed E-state index contributed by atoms with van der Waals surface area (Å²) in [7, 11) is 0. The second kappa shape index (κ2) is 6.08. The lowest BCUT2D eigenvalue weighted by molar-refractivity contribution is -0.117. The Morgan fingerprint density at radius 2 is 2.11 bits per heavy atom. The van der Waals surface area contributed by atoms with Gasteiger partial charge in [0.25, 0.3) is 0 Å². The third kappa shape index (κ3) is 4.25. The molecule has 1 atom stereocenters. The Morgan fingerprint density at radius 1 is 1.42 bits per heavy atom. The molecule has 19 heavy (non-hydrogen) atoms. The highest BCUT2D eigenvalue weighted by molar-refractivity contribution is 5.92. The van der Waals surface area contributed by atoms with Crippen LogP contribution in [0, 0.1) is 11.6 Å². The molecule has 1 fully saturated rings. The number of hydrogen-bond acceptors (Lipinski definition) is 3. The number of halogens is 2. The first-order chi connectivity index (χ1) is 9.02. The van der Waals surface area contributed by atoms with E-state index < -0.39 is 11.6 Å². The van der Waals surface area contributed by atoms with E-state index in [1.54, 1.807) is 0 Å². The summed E-state index contributed by atoms with van der Waals surface area (Å²) < 4.78 is 26.0. The largest absolute Gasteiger partial charge is 0.325 e. The van der Waals surface area contributed by atoms with Crippen LogP contribution in [0.3, 0.4) is 0 Å². The van der Waals surface area contributed by atoms with Gasteiger partial charge in [-0.25, -0.2) is 8.78 Å². The van der Waals surface area contributed by atoms with Gasteiger partial charge in [-0.3, -0.25) is 9.69 Å². The number of hydrogen-bond donors (Lipinski definition) is 2. The van der Waals surface area contributed by atoms with Crippen LogP contribution in [0.4, 0.5) is 14.5 Å². The van der Waals surface area contributed by atoms with Crippen molar-refractivity contribution in [2.75, 3.05) is 31.5 Å². The molecule has 1 aromatic rings. The van der Waals surface area contributed by atoms with Crippen LogP contribution in [0.1, 0.15) is 6.92 Å². The van der Waals surface area contributed by atoms with E-state index in [2.05, 4.69) is 10.6 Å². The predicted octanol–water partition coefficient (Wildman–Crippen LogP) is 1.20. The van der Waals surface area contributed by atoms with Crippen LogP contribution in [0.25, 0.3) is 0 Å². The molecule has 0 radical (unpaired) electrons. The van der Waals surface area contributed by atoms with Gasteiger partial charge in [-0.05, 0) is 19.1 Å². The summed E-state index contributed by atoms with van der Waals surface area (Å²) in [6, 6.07) is 3.31. The van der Waals surface area contributed by atoms with Crippen molar-refractivity contribution in [3.63, 3.8) is 0 Å². The summed E-state index contributed by atoms with van der Waals surface area (Å²) in [6.45, 7) is 4.68. The lowest BCUT2D eigenvalue weighted by Crippen LogP contribution is -2.51. The van der Waals surface area contributed by atoms with Crippen LogP contribution >= 0.6 is 0 Å². The molecule has 2 rings (SSSR count). The summed E-state index contributed by atoms with van der Waals surface area (Å²) in [6.07, 6.45) is 0. The van der Waals surface area contributed by atoms with Crippen molar-refractivity contribution < 1.29 is 13.6 Å². The van der Waals surface area contributed by atoms with Gasteiger partial charge in [0, 0.05) is 37.4 Å². The molecule has 0 spiro atoms. The van der Waals surface area contributed by atoms with Crippen molar-refractivity contribution in [2.45, 2.75) is 13.0 Å². The van der Waals surface area contributed by atoms with Crippen LogP contribution in [0.15, 0.2) is 18.2 Å². The van der Waals surface area contributed by atoms with Gasteiger partial charge in [-0.15, -0.1) is 0 Å². The molecule has 1 aliphatic heterocycles. The van der Waals surface area contributed by atoms with Crippen molar-refractivity contribution in [1.29, 1.82) is 0 Å². The average Bonchev–Trinajstić information content (AvgIpc) is 2.26. The Bertz CT molecular complexity index is 447. The minimum atomic E-state index is -0.703. The van der Waals surface area contributed by atoms with Gasteiger partial charge in [-0.1, -0.05) is 0 Å². The third-order valence-corrected chi connectivity index (χ3v) is 2.97. The first-order valence-corrected chi connectivity index (χ1v) is 6.24. The fourth-order valence-electron chi connectivity index (χ4n) is 2.19. The maximum Gasteiger partial charge on any atom is 0.238 e. The summed E-state index contributed by atoms with van der Waals surface area (Å²) in [5.74, 6) is -1.67. The number of carbonyl (C=O) groups is 1. The van der Waals surface area contributed by atoms with Gasteiger partial charge >= 0.3 is 0 Å². The third-order valence-electron chi connectivity index (χ3n) is 2.97. The molecule has 0 saturated carbocycles. The molecule has 0 bridgehead atoms. The highest BCUT2D eigenvalue weighted by Gasteiger charge is 2.18. The Labute approximate surface area is 110 Å². The average molecular weight is 269 g/mol. The van der Waals surface area contributed by atoms with E-state index in [9.17, 15) is 13.6 Å².